The van der Waals surface area contributed by atoms with E-state index in [2.05, 4.69) is 21.2 Å². The molecule has 5 rings (SSSR count). The molecule has 188 valence electrons. The molecule has 8 heteroatoms. The quantitative estimate of drug-likeness (QED) is 0.205. The van der Waals surface area contributed by atoms with Gasteiger partial charge in [-0.3, -0.25) is 4.79 Å². The second kappa shape index (κ2) is 10.8. The Bertz CT molecular complexity index is 1580. The Kier molecular flexibility index (Phi) is 7.35. The van der Waals surface area contributed by atoms with Crippen molar-refractivity contribution in [1.82, 2.24) is 15.1 Å². The molecule has 0 atom stereocenters. The van der Waals surface area contributed by atoms with Crippen LogP contribution >= 0.6 is 27.5 Å². The van der Waals surface area contributed by atoms with E-state index in [4.69, 9.17) is 25.9 Å². The molecule has 1 amide bonds. The van der Waals surface area contributed by atoms with Crippen LogP contribution in [0, 0.1) is 6.92 Å². The average molecular weight is 579 g/mol. The van der Waals surface area contributed by atoms with Crippen molar-refractivity contribution in [2.75, 3.05) is 6.61 Å². The number of hydrogen-bond acceptors (Lipinski definition) is 4. The zero-order chi connectivity index (χ0) is 25.9. The van der Waals surface area contributed by atoms with Gasteiger partial charge >= 0.3 is 0 Å². The highest BCUT2D eigenvalue weighted by Crippen LogP contribution is 2.32. The van der Waals surface area contributed by atoms with Crippen molar-refractivity contribution >= 4 is 44.4 Å². The normalized spacial score (nSPS) is 11.1. The molecule has 1 N–H and O–H groups in total. The van der Waals surface area contributed by atoms with E-state index in [-0.39, 0.29) is 12.5 Å². The van der Waals surface area contributed by atoms with E-state index in [0.717, 1.165) is 44.4 Å². The molecule has 0 bridgehead atoms. The second-order valence-electron chi connectivity index (χ2n) is 8.66. The maximum absolute atomic E-state index is 13.1. The monoisotopic (exact) mass is 577 g/mol. The fourth-order valence-electron chi connectivity index (χ4n) is 4.14. The Labute approximate surface area is 228 Å². The first-order chi connectivity index (χ1) is 17.9. The molecule has 37 heavy (non-hydrogen) atoms. The fourth-order valence-corrected chi connectivity index (χ4v) is 4.73. The molecular weight excluding hydrogens is 554 g/mol. The van der Waals surface area contributed by atoms with Gasteiger partial charge in [-0.2, -0.15) is 5.10 Å². The van der Waals surface area contributed by atoms with Crippen LogP contribution in [0.2, 0.25) is 5.02 Å². The van der Waals surface area contributed by atoms with Crippen molar-refractivity contribution in [2.24, 2.45) is 0 Å². The molecule has 0 radical (unpaired) electrons. The summed E-state index contributed by atoms with van der Waals surface area (Å²) < 4.78 is 14.3. The molecule has 0 unspecified atom stereocenters. The number of ether oxygens (including phenoxy) is 1. The minimum atomic E-state index is -0.287. The number of benzene rings is 3. The van der Waals surface area contributed by atoms with Gasteiger partial charge in [-0.05, 0) is 61.9 Å². The van der Waals surface area contributed by atoms with Gasteiger partial charge in [0.05, 0.1) is 23.0 Å². The zero-order valence-corrected chi connectivity index (χ0v) is 22.8. The van der Waals surface area contributed by atoms with Gasteiger partial charge in [-0.1, -0.05) is 52.7 Å². The minimum absolute atomic E-state index is 0.257. The minimum Gasteiger partial charge on any atom is -0.492 e. The van der Waals surface area contributed by atoms with Crippen molar-refractivity contribution in [1.29, 1.82) is 0 Å². The van der Waals surface area contributed by atoms with Gasteiger partial charge in [0.1, 0.15) is 11.3 Å². The van der Waals surface area contributed by atoms with E-state index in [0.29, 0.717) is 28.7 Å². The lowest BCUT2D eigenvalue weighted by Crippen LogP contribution is -2.23. The number of para-hydroxylation sites is 1. The number of carbonyl (C=O) groups is 1. The molecule has 0 aliphatic heterocycles. The van der Waals surface area contributed by atoms with E-state index in [9.17, 15) is 4.79 Å². The van der Waals surface area contributed by atoms with Crippen LogP contribution in [0.1, 0.15) is 35.0 Å². The number of fused-ring (bicyclic) bond motifs is 1. The van der Waals surface area contributed by atoms with Crippen molar-refractivity contribution < 1.29 is 13.9 Å². The summed E-state index contributed by atoms with van der Waals surface area (Å²) in [7, 11) is 0. The topological polar surface area (TPSA) is 69.3 Å². The summed E-state index contributed by atoms with van der Waals surface area (Å²) in [5, 5.41) is 9.25. The Morgan fingerprint density at radius 2 is 1.95 bits per heavy atom. The number of carbonyl (C=O) groups excluding carboxylic acids is 1. The highest BCUT2D eigenvalue weighted by molar-refractivity contribution is 9.10. The third-order valence-corrected chi connectivity index (χ3v) is 6.81. The molecule has 2 heterocycles. The van der Waals surface area contributed by atoms with E-state index < -0.39 is 0 Å². The van der Waals surface area contributed by atoms with Gasteiger partial charge in [0.2, 0.25) is 0 Å². The van der Waals surface area contributed by atoms with Crippen LogP contribution in [-0.4, -0.2) is 22.3 Å². The maximum Gasteiger partial charge on any atom is 0.287 e. The highest BCUT2D eigenvalue weighted by Gasteiger charge is 2.20. The summed E-state index contributed by atoms with van der Waals surface area (Å²) in [6.07, 6.45) is 2.81. The van der Waals surface area contributed by atoms with Gasteiger partial charge < -0.3 is 14.5 Å². The van der Waals surface area contributed by atoms with E-state index in [1.54, 1.807) is 4.68 Å². The van der Waals surface area contributed by atoms with Gasteiger partial charge in [0.15, 0.2) is 5.76 Å². The first kappa shape index (κ1) is 25.1. The Balaban J connectivity index is 1.46. The first-order valence-corrected chi connectivity index (χ1v) is 13.1. The summed E-state index contributed by atoms with van der Waals surface area (Å²) in [6, 6.07) is 21.1. The molecule has 5 aromatic rings. The highest BCUT2D eigenvalue weighted by atomic mass is 79.9. The van der Waals surface area contributed by atoms with Gasteiger partial charge in [-0.15, -0.1) is 0 Å². The summed E-state index contributed by atoms with van der Waals surface area (Å²) in [6.45, 7) is 4.78. The fraction of sp³-hybridized carbons (Fsp3) is 0.172. The lowest BCUT2D eigenvalue weighted by molar-refractivity contribution is 0.0924. The molecule has 2 aromatic heterocycles. The van der Waals surface area contributed by atoms with Crippen LogP contribution < -0.4 is 10.1 Å². The number of furan rings is 1. The average Bonchev–Trinajstić information content (AvgIpc) is 3.48. The summed E-state index contributed by atoms with van der Waals surface area (Å²) in [5.41, 5.74) is 4.77. The van der Waals surface area contributed by atoms with E-state index >= 15 is 0 Å². The number of hydrogen-bond donors (Lipinski definition) is 1. The predicted molar refractivity (Wildman–Crippen MR) is 150 cm³/mol. The second-order valence-corrected chi connectivity index (χ2v) is 9.98. The smallest absolute Gasteiger partial charge is 0.287 e. The molecule has 0 saturated heterocycles. The molecule has 0 fully saturated rings. The van der Waals surface area contributed by atoms with Crippen LogP contribution in [0.4, 0.5) is 0 Å². The molecule has 6 nitrogen and oxygen atoms in total. The number of aromatic nitrogens is 2. The summed E-state index contributed by atoms with van der Waals surface area (Å²) >= 11 is 10.00. The molecule has 3 aromatic carbocycles. The Hall–Kier alpha value is -3.55. The molecule has 0 spiro atoms. The third kappa shape index (κ3) is 5.29. The Morgan fingerprint density at radius 1 is 1.14 bits per heavy atom. The number of aryl methyl sites for hydroxylation is 1. The lowest BCUT2D eigenvalue weighted by Gasteiger charge is -2.09. The van der Waals surface area contributed by atoms with E-state index in [1.165, 1.54) is 0 Å². The van der Waals surface area contributed by atoms with E-state index in [1.807, 2.05) is 86.8 Å². The number of rotatable bonds is 8. The van der Waals surface area contributed by atoms with Crippen molar-refractivity contribution in [3.63, 3.8) is 0 Å². The largest absolute Gasteiger partial charge is 0.492 e. The zero-order valence-electron chi connectivity index (χ0n) is 20.4. The van der Waals surface area contributed by atoms with Crippen LogP contribution in [0.15, 0.2) is 81.8 Å². The molecule has 0 aliphatic rings. The van der Waals surface area contributed by atoms with Crippen LogP contribution in [0.3, 0.4) is 0 Å². The lowest BCUT2D eigenvalue weighted by atomic mass is 10.1. The molecule has 0 saturated carbocycles. The summed E-state index contributed by atoms with van der Waals surface area (Å²) in [5.74, 6) is 0.645. The van der Waals surface area contributed by atoms with Crippen LogP contribution in [0.25, 0.3) is 27.9 Å². The maximum atomic E-state index is 13.1. The van der Waals surface area contributed by atoms with Gasteiger partial charge in [0.25, 0.3) is 5.91 Å². The predicted octanol–water partition coefficient (Wildman–Crippen LogP) is 7.73. The van der Waals surface area contributed by atoms with Crippen LogP contribution in [-0.2, 0) is 6.54 Å². The van der Waals surface area contributed by atoms with Crippen molar-refractivity contribution in [3.05, 3.63) is 99.3 Å². The number of amides is 1. The van der Waals surface area contributed by atoms with Gasteiger partial charge in [0, 0.05) is 39.3 Å². The Morgan fingerprint density at radius 3 is 2.70 bits per heavy atom. The number of nitrogens with one attached hydrogen (secondary N) is 1. The SMILES string of the molecule is CCCOc1ccc(-c2nn(-c3ccccc3)cc2CNC(=O)c2oc3ccc(Br)cc3c2C)cc1Cl. The van der Waals surface area contributed by atoms with Gasteiger partial charge in [-0.25, -0.2) is 4.68 Å². The van der Waals surface area contributed by atoms with Crippen molar-refractivity contribution in [3.8, 4) is 22.7 Å². The molecule has 0 aliphatic carbocycles. The van der Waals surface area contributed by atoms with Crippen molar-refractivity contribution in [2.45, 2.75) is 26.8 Å². The standard InChI is InChI=1S/C29H25BrClN3O3/c1-3-13-36-26-11-9-19(14-24(26)31)27-20(17-34(33-27)22-7-5-4-6-8-22)16-32-29(35)28-18(2)23-15-21(30)10-12-25(23)37-28/h4-12,14-15,17H,3,13,16H2,1-2H3,(H,32,35). The van der Waals surface area contributed by atoms with Crippen LogP contribution in [0.5, 0.6) is 5.75 Å². The molecular formula is C29H25BrClN3O3. The number of nitrogens with zero attached hydrogens (tertiary/aromatic N) is 2. The first-order valence-electron chi connectivity index (χ1n) is 12.0. The third-order valence-electron chi connectivity index (χ3n) is 6.02. The number of halogens is 2. The summed E-state index contributed by atoms with van der Waals surface area (Å²) in [4.78, 5) is 13.1.